The number of benzene rings is 2. The maximum atomic E-state index is 12.6. The third-order valence-electron chi connectivity index (χ3n) is 11.9. The predicted molar refractivity (Wildman–Crippen MR) is 266 cm³/mol. The molecule has 0 aliphatic heterocycles. The average molecular weight is 915 g/mol. The SMILES string of the molecule is CCCCCCCCCCCCCCCC[n+]1ccccc1.CCCCCCCCCCCCCCCC[n+]1ccccc1.O=C(O)c1ccccc1S(=O)(=O)c1ccccc1C(=O)O. The first-order chi connectivity index (χ1) is 31.7. The number of nitrogens with zero attached hydrogens (tertiary/aromatic N) is 2. The fourth-order valence-electron chi connectivity index (χ4n) is 8.02. The number of carboxylic acid groups (broad SMARTS) is 2. The Labute approximate surface area is 394 Å². The van der Waals surface area contributed by atoms with Crippen molar-refractivity contribution < 1.29 is 37.4 Å². The van der Waals surface area contributed by atoms with Gasteiger partial charge in [-0.1, -0.05) is 204 Å². The Morgan fingerprint density at radius 3 is 0.877 bits per heavy atom. The van der Waals surface area contributed by atoms with Crippen molar-refractivity contribution in [2.24, 2.45) is 0 Å². The lowest BCUT2D eigenvalue weighted by atomic mass is 10.0. The Kier molecular flexibility index (Phi) is 33.0. The number of unbranched alkanes of at least 4 members (excludes halogenated alkanes) is 26. The topological polar surface area (TPSA) is 117 Å². The van der Waals surface area contributed by atoms with Gasteiger partial charge in [-0.15, -0.1) is 0 Å². The van der Waals surface area contributed by atoms with Gasteiger partial charge in [0.1, 0.15) is 13.1 Å². The molecule has 4 rings (SSSR count). The number of aromatic nitrogens is 2. The molecule has 0 fully saturated rings. The Balaban J connectivity index is 0.000000335. The van der Waals surface area contributed by atoms with Crippen molar-refractivity contribution in [2.75, 3.05) is 0 Å². The standard InChI is InChI=1S/2C21H38N.C14H10O6S/c2*1-2-3-4-5-6-7-8-9-10-11-12-13-14-16-19-22-20-17-15-18-21-22;15-13(16)9-5-1-3-7-11(9)21(19,20)12-8-4-2-6-10(12)14(17)18/h2*15,17-18,20-21H,2-14,16,19H2,1H3;1-8H,(H,15,16)(H,17,18)/q2*+1;. The van der Waals surface area contributed by atoms with Crippen LogP contribution < -0.4 is 9.13 Å². The molecule has 2 N–H and O–H groups in total. The van der Waals surface area contributed by atoms with E-state index in [2.05, 4.69) is 84.2 Å². The first kappa shape index (κ1) is 56.8. The van der Waals surface area contributed by atoms with E-state index in [1.807, 2.05) is 0 Å². The van der Waals surface area contributed by atoms with Crippen LogP contribution in [0.5, 0.6) is 0 Å². The van der Waals surface area contributed by atoms with Crippen LogP contribution >= 0.6 is 0 Å². The molecule has 8 nitrogen and oxygen atoms in total. The molecular formula is C56H86N2O6S+2. The van der Waals surface area contributed by atoms with E-state index in [1.54, 1.807) is 0 Å². The summed E-state index contributed by atoms with van der Waals surface area (Å²) in [5.41, 5.74) is -0.810. The second-order valence-electron chi connectivity index (χ2n) is 17.5. The van der Waals surface area contributed by atoms with E-state index in [0.29, 0.717) is 0 Å². The lowest BCUT2D eigenvalue weighted by Gasteiger charge is -2.10. The van der Waals surface area contributed by atoms with E-state index < -0.39 is 42.7 Å². The van der Waals surface area contributed by atoms with Gasteiger partial charge in [-0.25, -0.2) is 27.1 Å². The van der Waals surface area contributed by atoms with E-state index in [0.717, 1.165) is 24.3 Å². The smallest absolute Gasteiger partial charge is 0.337 e. The number of aryl methyl sites for hydroxylation is 2. The van der Waals surface area contributed by atoms with Gasteiger partial charge in [0.2, 0.25) is 9.84 Å². The Morgan fingerprint density at radius 1 is 0.369 bits per heavy atom. The molecule has 0 atom stereocenters. The first-order valence-electron chi connectivity index (χ1n) is 25.5. The summed E-state index contributed by atoms with van der Waals surface area (Å²) in [4.78, 5) is 21.4. The van der Waals surface area contributed by atoms with Crippen LogP contribution in [0.15, 0.2) is 120 Å². The maximum absolute atomic E-state index is 12.6. The van der Waals surface area contributed by atoms with Gasteiger partial charge in [-0.3, -0.25) is 0 Å². The minimum atomic E-state index is -4.25. The zero-order valence-electron chi connectivity index (χ0n) is 40.4. The summed E-state index contributed by atoms with van der Waals surface area (Å²) in [7, 11) is -4.25. The number of rotatable bonds is 34. The molecule has 360 valence electrons. The second-order valence-corrected chi connectivity index (χ2v) is 19.4. The van der Waals surface area contributed by atoms with Crippen molar-refractivity contribution in [3.63, 3.8) is 0 Å². The van der Waals surface area contributed by atoms with E-state index in [1.165, 1.54) is 217 Å². The number of sulfone groups is 1. The summed E-state index contributed by atoms with van der Waals surface area (Å²) in [5, 5.41) is 18.1. The van der Waals surface area contributed by atoms with Crippen molar-refractivity contribution in [1.82, 2.24) is 0 Å². The zero-order chi connectivity index (χ0) is 47.1. The summed E-state index contributed by atoms with van der Waals surface area (Å²) in [5.74, 6) is -2.80. The first-order valence-corrected chi connectivity index (χ1v) is 27.0. The van der Waals surface area contributed by atoms with Crippen molar-refractivity contribution in [3.05, 3.63) is 121 Å². The molecule has 4 aromatic rings. The largest absolute Gasteiger partial charge is 0.478 e. The minimum absolute atomic E-state index is 0.405. The van der Waals surface area contributed by atoms with E-state index in [-0.39, 0.29) is 0 Å². The van der Waals surface area contributed by atoms with Crippen LogP contribution in [0.4, 0.5) is 0 Å². The number of pyridine rings is 2. The third kappa shape index (κ3) is 27.0. The minimum Gasteiger partial charge on any atom is -0.478 e. The Hall–Kier alpha value is -4.37. The highest BCUT2D eigenvalue weighted by Crippen LogP contribution is 2.27. The van der Waals surface area contributed by atoms with Crippen molar-refractivity contribution in [2.45, 2.75) is 217 Å². The highest BCUT2D eigenvalue weighted by Gasteiger charge is 2.28. The second kappa shape index (κ2) is 37.8. The molecular weight excluding hydrogens is 829 g/mol. The van der Waals surface area contributed by atoms with Crippen molar-refractivity contribution >= 4 is 21.8 Å². The van der Waals surface area contributed by atoms with Gasteiger partial charge in [0.05, 0.1) is 20.9 Å². The lowest BCUT2D eigenvalue weighted by molar-refractivity contribution is -0.697. The Bertz CT molecular complexity index is 1760. The molecule has 0 unspecified atom stereocenters. The highest BCUT2D eigenvalue weighted by atomic mass is 32.2. The fraction of sp³-hybridized carbons (Fsp3) is 0.571. The van der Waals surface area contributed by atoms with Gasteiger partial charge >= 0.3 is 11.9 Å². The highest BCUT2D eigenvalue weighted by molar-refractivity contribution is 7.91. The monoisotopic (exact) mass is 915 g/mol. The van der Waals surface area contributed by atoms with Gasteiger partial charge in [0, 0.05) is 37.1 Å². The predicted octanol–water partition coefficient (Wildman–Crippen LogP) is 14.8. The van der Waals surface area contributed by atoms with Crippen LogP contribution in [0.25, 0.3) is 0 Å². The van der Waals surface area contributed by atoms with Crippen LogP contribution in [0.2, 0.25) is 0 Å². The summed E-state index contributed by atoms with van der Waals surface area (Å²) in [6.07, 6.45) is 48.8. The maximum Gasteiger partial charge on any atom is 0.337 e. The average Bonchev–Trinajstić information content (AvgIpc) is 3.33. The van der Waals surface area contributed by atoms with Crippen LogP contribution in [-0.4, -0.2) is 30.6 Å². The molecule has 0 radical (unpaired) electrons. The molecule has 0 bridgehead atoms. The molecule has 2 aromatic carbocycles. The molecule has 0 aliphatic rings. The summed E-state index contributed by atoms with van der Waals surface area (Å²) in [6, 6.07) is 22.7. The molecule has 0 saturated heterocycles. The third-order valence-corrected chi connectivity index (χ3v) is 13.8. The molecule has 0 saturated carbocycles. The van der Waals surface area contributed by atoms with E-state index >= 15 is 0 Å². The molecule has 2 aromatic heterocycles. The number of aromatic carboxylic acids is 2. The van der Waals surface area contributed by atoms with E-state index in [4.69, 9.17) is 10.2 Å². The summed E-state index contributed by atoms with van der Waals surface area (Å²) in [6.45, 7) is 6.94. The van der Waals surface area contributed by atoms with Crippen LogP contribution in [-0.2, 0) is 22.9 Å². The quantitative estimate of drug-likeness (QED) is 0.0356. The summed E-state index contributed by atoms with van der Waals surface area (Å²) >= 11 is 0. The van der Waals surface area contributed by atoms with Gasteiger partial charge in [-0.2, -0.15) is 0 Å². The fourth-order valence-corrected chi connectivity index (χ4v) is 9.66. The Morgan fingerprint density at radius 2 is 0.615 bits per heavy atom. The molecule has 9 heteroatoms. The number of hydrogen-bond donors (Lipinski definition) is 2. The normalized spacial score (nSPS) is 11.0. The number of hydrogen-bond acceptors (Lipinski definition) is 4. The molecule has 0 aliphatic carbocycles. The van der Waals surface area contributed by atoms with Gasteiger partial charge < -0.3 is 10.2 Å². The van der Waals surface area contributed by atoms with Gasteiger partial charge in [0.25, 0.3) is 0 Å². The van der Waals surface area contributed by atoms with Crippen molar-refractivity contribution in [1.29, 1.82) is 0 Å². The lowest BCUT2D eigenvalue weighted by Crippen LogP contribution is -2.32. The molecule has 65 heavy (non-hydrogen) atoms. The molecule has 2 heterocycles. The summed E-state index contributed by atoms with van der Waals surface area (Å²) < 4.78 is 29.7. The van der Waals surface area contributed by atoms with Gasteiger partial charge in [-0.05, 0) is 37.1 Å². The molecule has 0 amide bonds. The van der Waals surface area contributed by atoms with Crippen LogP contribution in [0.1, 0.15) is 214 Å². The zero-order valence-corrected chi connectivity index (χ0v) is 41.3. The number of carbonyl (C=O) groups is 2. The van der Waals surface area contributed by atoms with Crippen LogP contribution in [0.3, 0.4) is 0 Å². The number of carboxylic acids is 2. The van der Waals surface area contributed by atoms with Crippen LogP contribution in [0, 0.1) is 0 Å². The molecule has 0 spiro atoms. The van der Waals surface area contributed by atoms with Gasteiger partial charge in [0.15, 0.2) is 24.8 Å². The van der Waals surface area contributed by atoms with E-state index in [9.17, 15) is 18.0 Å². The van der Waals surface area contributed by atoms with Crippen molar-refractivity contribution in [3.8, 4) is 0 Å².